The number of ether oxygens (including phenoxy) is 2. The summed E-state index contributed by atoms with van der Waals surface area (Å²) in [4.78, 5) is 0. The molecule has 0 N–H and O–H groups in total. The van der Waals surface area contributed by atoms with Gasteiger partial charge in [0.05, 0.1) is 6.61 Å². The van der Waals surface area contributed by atoms with Crippen molar-refractivity contribution in [1.82, 2.24) is 0 Å². The third-order valence-electron chi connectivity index (χ3n) is 5.25. The molecule has 22 heavy (non-hydrogen) atoms. The van der Waals surface area contributed by atoms with E-state index in [1.807, 2.05) is 0 Å². The zero-order valence-electron chi connectivity index (χ0n) is 13.9. The molecule has 1 aliphatic carbocycles. The standard InChI is InChI=1S/C20H30O2/c1-2-3-4-5-16-6-8-17(9-7-16)18-10-12-19(13-11-18)21-14-20-15-22-20/h10-13,16-17,20H,2-9,14-15H2,1H3/t16?,17?,20-/m0/s1. The Balaban J connectivity index is 1.42. The zero-order chi connectivity index (χ0) is 15.2. The number of unbranched alkanes of at least 4 members (excludes halogenated alkanes) is 2. The van der Waals surface area contributed by atoms with Crippen LogP contribution in [0.3, 0.4) is 0 Å². The van der Waals surface area contributed by atoms with Crippen molar-refractivity contribution < 1.29 is 9.47 Å². The summed E-state index contributed by atoms with van der Waals surface area (Å²) in [5.74, 6) is 2.74. The van der Waals surface area contributed by atoms with E-state index in [-0.39, 0.29) is 0 Å². The summed E-state index contributed by atoms with van der Waals surface area (Å²) in [6.45, 7) is 3.85. The molecule has 0 radical (unpaired) electrons. The largest absolute Gasteiger partial charge is 0.491 e. The van der Waals surface area contributed by atoms with Gasteiger partial charge in [-0.1, -0.05) is 44.7 Å². The molecular formula is C20H30O2. The van der Waals surface area contributed by atoms with Crippen LogP contribution in [0.15, 0.2) is 24.3 Å². The third-order valence-corrected chi connectivity index (χ3v) is 5.25. The van der Waals surface area contributed by atoms with Crippen molar-refractivity contribution in [3.63, 3.8) is 0 Å². The second kappa shape index (κ2) is 8.01. The minimum Gasteiger partial charge on any atom is -0.491 e. The van der Waals surface area contributed by atoms with E-state index in [0.29, 0.717) is 12.7 Å². The van der Waals surface area contributed by atoms with E-state index in [2.05, 4.69) is 31.2 Å². The predicted octanol–water partition coefficient (Wildman–Crippen LogP) is 5.32. The lowest BCUT2D eigenvalue weighted by Gasteiger charge is -2.29. The molecule has 3 rings (SSSR count). The Morgan fingerprint density at radius 1 is 1.05 bits per heavy atom. The minimum absolute atomic E-state index is 0.336. The van der Waals surface area contributed by atoms with Crippen LogP contribution in [0.4, 0.5) is 0 Å². The SMILES string of the molecule is CCCCCC1CCC(c2ccc(OC[C@H]3CO3)cc2)CC1. The van der Waals surface area contributed by atoms with Gasteiger partial charge in [-0.2, -0.15) is 0 Å². The van der Waals surface area contributed by atoms with Crippen LogP contribution in [0.2, 0.25) is 0 Å². The normalized spacial score (nSPS) is 27.6. The van der Waals surface area contributed by atoms with Crippen LogP contribution in [0, 0.1) is 5.92 Å². The van der Waals surface area contributed by atoms with E-state index < -0.39 is 0 Å². The lowest BCUT2D eigenvalue weighted by atomic mass is 9.77. The van der Waals surface area contributed by atoms with Crippen LogP contribution in [-0.4, -0.2) is 19.3 Å². The van der Waals surface area contributed by atoms with Crippen molar-refractivity contribution in [2.45, 2.75) is 70.3 Å². The smallest absolute Gasteiger partial charge is 0.119 e. The van der Waals surface area contributed by atoms with Crippen molar-refractivity contribution >= 4 is 0 Å². The van der Waals surface area contributed by atoms with Crippen molar-refractivity contribution in [2.24, 2.45) is 5.92 Å². The number of benzene rings is 1. The highest BCUT2D eigenvalue weighted by molar-refractivity contribution is 5.29. The van der Waals surface area contributed by atoms with E-state index >= 15 is 0 Å². The maximum atomic E-state index is 5.72. The second-order valence-corrected chi connectivity index (χ2v) is 7.05. The number of hydrogen-bond donors (Lipinski definition) is 0. The first-order valence-electron chi connectivity index (χ1n) is 9.19. The second-order valence-electron chi connectivity index (χ2n) is 7.05. The van der Waals surface area contributed by atoms with Gasteiger partial charge in [0.25, 0.3) is 0 Å². The first kappa shape index (κ1) is 15.9. The van der Waals surface area contributed by atoms with Crippen molar-refractivity contribution in [1.29, 1.82) is 0 Å². The van der Waals surface area contributed by atoms with Crippen molar-refractivity contribution in [2.75, 3.05) is 13.2 Å². The Labute approximate surface area is 135 Å². The van der Waals surface area contributed by atoms with Gasteiger partial charge in [-0.05, 0) is 55.2 Å². The first-order chi connectivity index (χ1) is 10.8. The monoisotopic (exact) mass is 302 g/mol. The molecule has 2 aliphatic rings. The van der Waals surface area contributed by atoms with Gasteiger partial charge in [-0.15, -0.1) is 0 Å². The summed E-state index contributed by atoms with van der Waals surface area (Å²) in [5.41, 5.74) is 1.50. The number of epoxide rings is 1. The molecule has 1 heterocycles. The molecule has 0 amide bonds. The maximum absolute atomic E-state index is 5.72. The van der Waals surface area contributed by atoms with Gasteiger partial charge in [-0.3, -0.25) is 0 Å². The van der Waals surface area contributed by atoms with Crippen LogP contribution < -0.4 is 4.74 Å². The zero-order valence-corrected chi connectivity index (χ0v) is 13.9. The summed E-state index contributed by atoms with van der Waals surface area (Å²) in [6, 6.07) is 8.80. The lowest BCUT2D eigenvalue weighted by Crippen LogP contribution is -2.13. The Morgan fingerprint density at radius 3 is 2.41 bits per heavy atom. The van der Waals surface area contributed by atoms with Gasteiger partial charge in [0.1, 0.15) is 18.5 Å². The summed E-state index contributed by atoms with van der Waals surface area (Å²) in [7, 11) is 0. The first-order valence-corrected chi connectivity index (χ1v) is 9.19. The van der Waals surface area contributed by atoms with E-state index in [9.17, 15) is 0 Å². The van der Waals surface area contributed by atoms with Crippen LogP contribution in [-0.2, 0) is 4.74 Å². The molecular weight excluding hydrogens is 272 g/mol. The van der Waals surface area contributed by atoms with Crippen molar-refractivity contribution in [3.8, 4) is 5.75 Å². The van der Waals surface area contributed by atoms with E-state index in [1.54, 1.807) is 0 Å². The summed E-state index contributed by atoms with van der Waals surface area (Å²) < 4.78 is 10.9. The average Bonchev–Trinajstić information content (AvgIpc) is 3.39. The van der Waals surface area contributed by atoms with Crippen LogP contribution in [0.25, 0.3) is 0 Å². The molecule has 0 aromatic heterocycles. The predicted molar refractivity (Wildman–Crippen MR) is 90.5 cm³/mol. The van der Waals surface area contributed by atoms with Crippen LogP contribution >= 0.6 is 0 Å². The Bertz CT molecular complexity index is 428. The fourth-order valence-electron chi connectivity index (χ4n) is 3.66. The van der Waals surface area contributed by atoms with Crippen LogP contribution in [0.1, 0.15) is 69.8 Å². The third kappa shape index (κ3) is 4.74. The fraction of sp³-hybridized carbons (Fsp3) is 0.700. The molecule has 2 fully saturated rings. The highest BCUT2D eigenvalue weighted by Gasteiger charge is 2.24. The number of rotatable bonds is 8. The Kier molecular flexibility index (Phi) is 5.77. The highest BCUT2D eigenvalue weighted by atomic mass is 16.6. The number of hydrogen-bond acceptors (Lipinski definition) is 2. The topological polar surface area (TPSA) is 21.8 Å². The molecule has 0 unspecified atom stereocenters. The van der Waals surface area contributed by atoms with Gasteiger partial charge < -0.3 is 9.47 Å². The van der Waals surface area contributed by atoms with E-state index in [1.165, 1.54) is 56.9 Å². The molecule has 2 heteroatoms. The van der Waals surface area contributed by atoms with Gasteiger partial charge in [0.2, 0.25) is 0 Å². The lowest BCUT2D eigenvalue weighted by molar-refractivity contribution is 0.263. The molecule has 1 saturated carbocycles. The Morgan fingerprint density at radius 2 is 1.77 bits per heavy atom. The molecule has 1 aromatic rings. The van der Waals surface area contributed by atoms with Gasteiger partial charge in [-0.25, -0.2) is 0 Å². The highest BCUT2D eigenvalue weighted by Crippen LogP contribution is 2.38. The van der Waals surface area contributed by atoms with E-state index in [0.717, 1.165) is 24.2 Å². The molecule has 2 nitrogen and oxygen atoms in total. The van der Waals surface area contributed by atoms with Gasteiger partial charge in [0.15, 0.2) is 0 Å². The molecule has 0 spiro atoms. The summed E-state index contributed by atoms with van der Waals surface area (Å²) in [5, 5.41) is 0. The fourth-order valence-corrected chi connectivity index (χ4v) is 3.66. The molecule has 1 atom stereocenters. The quantitative estimate of drug-likeness (QED) is 0.479. The van der Waals surface area contributed by atoms with Crippen LogP contribution in [0.5, 0.6) is 5.75 Å². The summed E-state index contributed by atoms with van der Waals surface area (Å²) in [6.07, 6.45) is 11.6. The molecule has 1 saturated heterocycles. The van der Waals surface area contributed by atoms with Gasteiger partial charge in [0, 0.05) is 0 Å². The Hall–Kier alpha value is -1.02. The van der Waals surface area contributed by atoms with Gasteiger partial charge >= 0.3 is 0 Å². The maximum Gasteiger partial charge on any atom is 0.119 e. The average molecular weight is 302 g/mol. The summed E-state index contributed by atoms with van der Waals surface area (Å²) >= 11 is 0. The van der Waals surface area contributed by atoms with E-state index in [4.69, 9.17) is 9.47 Å². The van der Waals surface area contributed by atoms with Crippen molar-refractivity contribution in [3.05, 3.63) is 29.8 Å². The molecule has 122 valence electrons. The molecule has 1 aliphatic heterocycles. The minimum atomic E-state index is 0.336. The molecule has 1 aromatic carbocycles. The molecule has 0 bridgehead atoms.